The molecule has 0 spiro atoms. The minimum absolute atomic E-state index is 0.151. The van der Waals surface area contributed by atoms with E-state index in [0.717, 1.165) is 5.69 Å². The van der Waals surface area contributed by atoms with E-state index < -0.39 is 0 Å². The van der Waals surface area contributed by atoms with Gasteiger partial charge in [0.1, 0.15) is 0 Å². The average Bonchev–Trinajstić information content (AvgIpc) is 2.47. The summed E-state index contributed by atoms with van der Waals surface area (Å²) in [5.41, 5.74) is 2.04. The first-order valence-corrected chi connectivity index (χ1v) is 6.73. The van der Waals surface area contributed by atoms with E-state index in [0.29, 0.717) is 16.3 Å². The monoisotopic (exact) mass is 299 g/mol. The Morgan fingerprint density at radius 2 is 2.05 bits per heavy atom. The fourth-order valence-corrected chi connectivity index (χ4v) is 2.08. The van der Waals surface area contributed by atoms with Gasteiger partial charge in [0.15, 0.2) is 0 Å². The van der Waals surface area contributed by atoms with Gasteiger partial charge in [-0.25, -0.2) is 0 Å². The molecule has 0 saturated carbocycles. The van der Waals surface area contributed by atoms with Crippen molar-refractivity contribution in [3.8, 4) is 6.07 Å². The molecule has 0 fully saturated rings. The summed E-state index contributed by atoms with van der Waals surface area (Å²) in [4.78, 5) is 13.8. The smallest absolute Gasteiger partial charge is 0.243 e. The van der Waals surface area contributed by atoms with Crippen LogP contribution in [0, 0.1) is 11.3 Å². The minimum atomic E-state index is -0.151. The highest BCUT2D eigenvalue weighted by Crippen LogP contribution is 2.16. The van der Waals surface area contributed by atoms with Crippen LogP contribution in [-0.2, 0) is 4.79 Å². The highest BCUT2D eigenvalue weighted by molar-refractivity contribution is 6.30. The lowest BCUT2D eigenvalue weighted by atomic mass is 10.2. The van der Waals surface area contributed by atoms with Gasteiger partial charge in [-0.3, -0.25) is 4.79 Å². The summed E-state index contributed by atoms with van der Waals surface area (Å²) in [6, 6.07) is 16.2. The molecule has 2 rings (SSSR count). The molecular weight excluding hydrogens is 286 g/mol. The van der Waals surface area contributed by atoms with Crippen molar-refractivity contribution < 1.29 is 4.79 Å². The summed E-state index contributed by atoms with van der Waals surface area (Å²) in [5.74, 6) is -0.151. The molecule has 4 nitrogen and oxygen atoms in total. The first kappa shape index (κ1) is 14.9. The van der Waals surface area contributed by atoms with E-state index in [1.165, 1.54) is 0 Å². The summed E-state index contributed by atoms with van der Waals surface area (Å²) in [5, 5.41) is 12.2. The summed E-state index contributed by atoms with van der Waals surface area (Å²) >= 11 is 5.87. The van der Waals surface area contributed by atoms with Crippen molar-refractivity contribution in [2.24, 2.45) is 0 Å². The Morgan fingerprint density at radius 1 is 1.29 bits per heavy atom. The molecule has 0 radical (unpaired) electrons. The van der Waals surface area contributed by atoms with Crippen LogP contribution in [0.5, 0.6) is 0 Å². The zero-order valence-electron chi connectivity index (χ0n) is 11.5. The van der Waals surface area contributed by atoms with E-state index in [2.05, 4.69) is 11.4 Å². The molecule has 0 bridgehead atoms. The summed E-state index contributed by atoms with van der Waals surface area (Å²) in [7, 11) is 1.80. The minimum Gasteiger partial charge on any atom is -0.365 e. The number of anilines is 2. The maximum Gasteiger partial charge on any atom is 0.243 e. The van der Waals surface area contributed by atoms with Gasteiger partial charge >= 0.3 is 0 Å². The van der Waals surface area contributed by atoms with Gasteiger partial charge in [-0.2, -0.15) is 5.26 Å². The number of hydrogen-bond acceptors (Lipinski definition) is 3. The molecule has 0 unspecified atom stereocenters. The van der Waals surface area contributed by atoms with Crippen LogP contribution in [0.1, 0.15) is 5.56 Å². The van der Waals surface area contributed by atoms with Crippen LogP contribution in [-0.4, -0.2) is 19.5 Å². The van der Waals surface area contributed by atoms with E-state index in [-0.39, 0.29) is 12.5 Å². The largest absolute Gasteiger partial charge is 0.365 e. The molecule has 0 heterocycles. The Bertz CT molecular complexity index is 694. The predicted octanol–water partition coefficient (Wildman–Crippen LogP) is 3.29. The molecule has 21 heavy (non-hydrogen) atoms. The topological polar surface area (TPSA) is 56.1 Å². The van der Waals surface area contributed by atoms with Crippen molar-refractivity contribution in [2.45, 2.75) is 0 Å². The SMILES string of the molecule is CN(CC(=O)Nc1cccc(Cl)c1)c1cccc(C#N)c1. The molecule has 0 aromatic heterocycles. The molecule has 0 aliphatic rings. The second kappa shape index (κ2) is 6.78. The normalized spacial score (nSPS) is 9.76. The third-order valence-corrected chi connectivity index (χ3v) is 3.14. The number of likely N-dealkylation sites (N-methyl/N-ethyl adjacent to an activating group) is 1. The van der Waals surface area contributed by atoms with Crippen molar-refractivity contribution in [3.05, 3.63) is 59.1 Å². The molecule has 0 aliphatic carbocycles. The zero-order chi connectivity index (χ0) is 15.2. The number of nitrogens with one attached hydrogen (secondary N) is 1. The van der Waals surface area contributed by atoms with Crippen LogP contribution in [0.15, 0.2) is 48.5 Å². The van der Waals surface area contributed by atoms with E-state index in [9.17, 15) is 4.79 Å². The van der Waals surface area contributed by atoms with E-state index in [4.69, 9.17) is 16.9 Å². The van der Waals surface area contributed by atoms with Crippen molar-refractivity contribution in [1.82, 2.24) is 0 Å². The standard InChI is InChI=1S/C16H14ClN3O/c1-20(15-7-2-4-12(8-15)10-18)11-16(21)19-14-6-3-5-13(17)9-14/h2-9H,11H2,1H3,(H,19,21). The zero-order valence-corrected chi connectivity index (χ0v) is 12.3. The second-order valence-corrected chi connectivity index (χ2v) is 5.01. The molecule has 1 amide bonds. The number of hydrogen-bond donors (Lipinski definition) is 1. The van der Waals surface area contributed by atoms with Gasteiger partial charge in [0, 0.05) is 23.4 Å². The maximum absolute atomic E-state index is 12.0. The maximum atomic E-state index is 12.0. The van der Waals surface area contributed by atoms with Gasteiger partial charge in [-0.1, -0.05) is 23.7 Å². The van der Waals surface area contributed by atoms with Gasteiger partial charge in [0.25, 0.3) is 0 Å². The number of halogens is 1. The molecule has 106 valence electrons. The van der Waals surface area contributed by atoms with E-state index >= 15 is 0 Å². The number of nitriles is 1. The van der Waals surface area contributed by atoms with Gasteiger partial charge in [-0.15, -0.1) is 0 Å². The first-order valence-electron chi connectivity index (χ1n) is 6.35. The van der Waals surface area contributed by atoms with E-state index in [1.807, 2.05) is 6.07 Å². The fraction of sp³-hybridized carbons (Fsp3) is 0.125. The number of nitrogens with zero attached hydrogens (tertiary/aromatic N) is 2. The van der Waals surface area contributed by atoms with Gasteiger partial charge in [0.2, 0.25) is 5.91 Å². The van der Waals surface area contributed by atoms with Crippen LogP contribution in [0.2, 0.25) is 5.02 Å². The van der Waals surface area contributed by atoms with Crippen LogP contribution in [0.25, 0.3) is 0 Å². The van der Waals surface area contributed by atoms with Crippen LogP contribution in [0.4, 0.5) is 11.4 Å². The fourth-order valence-electron chi connectivity index (χ4n) is 1.89. The van der Waals surface area contributed by atoms with Crippen molar-refractivity contribution in [3.63, 3.8) is 0 Å². The summed E-state index contributed by atoms with van der Waals surface area (Å²) in [6.45, 7) is 0.182. The molecule has 2 aromatic rings. The van der Waals surface area contributed by atoms with Crippen LogP contribution >= 0.6 is 11.6 Å². The summed E-state index contributed by atoms with van der Waals surface area (Å²) < 4.78 is 0. The molecule has 2 aromatic carbocycles. The first-order chi connectivity index (χ1) is 10.1. The average molecular weight is 300 g/mol. The molecule has 0 atom stereocenters. The quantitative estimate of drug-likeness (QED) is 0.942. The lowest BCUT2D eigenvalue weighted by molar-refractivity contribution is -0.114. The number of benzene rings is 2. The molecule has 0 aliphatic heterocycles. The molecular formula is C16H14ClN3O. The van der Waals surface area contributed by atoms with Gasteiger partial charge in [0.05, 0.1) is 18.2 Å². The second-order valence-electron chi connectivity index (χ2n) is 4.58. The highest BCUT2D eigenvalue weighted by atomic mass is 35.5. The van der Waals surface area contributed by atoms with Crippen molar-refractivity contribution >= 4 is 28.9 Å². The Balaban J connectivity index is 2.00. The van der Waals surface area contributed by atoms with Crippen LogP contribution in [0.3, 0.4) is 0 Å². The number of rotatable bonds is 4. The van der Waals surface area contributed by atoms with Gasteiger partial charge in [-0.05, 0) is 36.4 Å². The Morgan fingerprint density at radius 3 is 2.76 bits per heavy atom. The molecule has 0 saturated heterocycles. The lowest BCUT2D eigenvalue weighted by Crippen LogP contribution is -2.30. The van der Waals surface area contributed by atoms with Crippen molar-refractivity contribution in [2.75, 3.05) is 23.8 Å². The van der Waals surface area contributed by atoms with Crippen LogP contribution < -0.4 is 10.2 Å². The Labute approximate surface area is 128 Å². The predicted molar refractivity (Wildman–Crippen MR) is 84.5 cm³/mol. The Hall–Kier alpha value is -2.51. The summed E-state index contributed by atoms with van der Waals surface area (Å²) in [6.07, 6.45) is 0. The molecule has 1 N–H and O–H groups in total. The highest BCUT2D eigenvalue weighted by Gasteiger charge is 2.08. The third-order valence-electron chi connectivity index (χ3n) is 2.91. The number of carbonyl (C=O) groups excluding carboxylic acids is 1. The molecule has 5 heteroatoms. The lowest BCUT2D eigenvalue weighted by Gasteiger charge is -2.19. The third kappa shape index (κ3) is 4.23. The van der Waals surface area contributed by atoms with Gasteiger partial charge < -0.3 is 10.2 Å². The van der Waals surface area contributed by atoms with Crippen molar-refractivity contribution in [1.29, 1.82) is 5.26 Å². The number of carbonyl (C=O) groups is 1. The van der Waals surface area contributed by atoms with E-state index in [1.54, 1.807) is 54.4 Å². The number of amides is 1. The Kier molecular flexibility index (Phi) is 4.81.